The van der Waals surface area contributed by atoms with Gasteiger partial charge < -0.3 is 15.8 Å². The molecule has 0 atom stereocenters. The van der Waals surface area contributed by atoms with Crippen molar-refractivity contribution in [3.63, 3.8) is 0 Å². The number of nitrogen functional groups attached to an aromatic ring is 1. The number of ether oxygens (including phenoxy) is 1. The van der Waals surface area contributed by atoms with Crippen molar-refractivity contribution in [3.05, 3.63) is 55.9 Å². The maximum Gasteiger partial charge on any atom is 0.306 e. The fourth-order valence-corrected chi connectivity index (χ4v) is 3.09. The number of nitrogens with one attached hydrogen (secondary N) is 1. The summed E-state index contributed by atoms with van der Waals surface area (Å²) in [6.45, 7) is -0.372. The van der Waals surface area contributed by atoms with Gasteiger partial charge in [-0.3, -0.25) is 14.4 Å². The number of benzene rings is 2. The molecule has 0 bridgehead atoms. The average Bonchev–Trinajstić information content (AvgIpc) is 2.63. The van der Waals surface area contributed by atoms with E-state index < -0.39 is 5.97 Å². The number of anilines is 2. The second kappa shape index (κ2) is 9.87. The highest BCUT2D eigenvalue weighted by Gasteiger charge is 2.13. The molecule has 27 heavy (non-hydrogen) atoms. The van der Waals surface area contributed by atoms with Crippen LogP contribution >= 0.6 is 43.5 Å². The van der Waals surface area contributed by atoms with Gasteiger partial charge in [-0.1, -0.05) is 39.7 Å². The van der Waals surface area contributed by atoms with E-state index in [1.165, 1.54) is 6.07 Å². The van der Waals surface area contributed by atoms with E-state index in [0.717, 1.165) is 4.47 Å². The number of nitrogens with two attached hydrogens (primary N) is 1. The fraction of sp³-hybridized carbons (Fsp3) is 0.167. The van der Waals surface area contributed by atoms with E-state index in [-0.39, 0.29) is 31.1 Å². The van der Waals surface area contributed by atoms with Gasteiger partial charge in [-0.05, 0) is 40.2 Å². The van der Waals surface area contributed by atoms with E-state index in [4.69, 9.17) is 22.1 Å². The van der Waals surface area contributed by atoms with E-state index in [0.29, 0.717) is 26.4 Å². The van der Waals surface area contributed by atoms with Crippen molar-refractivity contribution in [2.75, 3.05) is 17.7 Å². The summed E-state index contributed by atoms with van der Waals surface area (Å²) in [7, 11) is 0. The lowest BCUT2D eigenvalue weighted by atomic mass is 10.1. The molecule has 0 spiro atoms. The summed E-state index contributed by atoms with van der Waals surface area (Å²) in [6, 6.07) is 9.82. The van der Waals surface area contributed by atoms with E-state index in [1.807, 2.05) is 0 Å². The molecule has 9 heteroatoms. The molecule has 0 radical (unpaired) electrons. The minimum Gasteiger partial charge on any atom is -0.457 e. The highest BCUT2D eigenvalue weighted by atomic mass is 79.9. The summed E-state index contributed by atoms with van der Waals surface area (Å²) in [5.41, 5.74) is 6.96. The Morgan fingerprint density at radius 2 is 1.74 bits per heavy atom. The van der Waals surface area contributed by atoms with Crippen LogP contribution in [0.4, 0.5) is 11.4 Å². The van der Waals surface area contributed by atoms with Gasteiger partial charge >= 0.3 is 5.97 Å². The molecule has 0 saturated heterocycles. The molecule has 0 aliphatic heterocycles. The second-order valence-corrected chi connectivity index (χ2v) is 7.67. The molecule has 0 aliphatic rings. The Labute approximate surface area is 177 Å². The quantitative estimate of drug-likeness (QED) is 0.317. The topological polar surface area (TPSA) is 98.5 Å². The molecule has 0 saturated carbocycles. The van der Waals surface area contributed by atoms with Crippen molar-refractivity contribution < 1.29 is 19.1 Å². The van der Waals surface area contributed by atoms with E-state index in [2.05, 4.69) is 37.2 Å². The van der Waals surface area contributed by atoms with Gasteiger partial charge in [0.15, 0.2) is 12.4 Å². The van der Waals surface area contributed by atoms with Gasteiger partial charge in [0.2, 0.25) is 5.91 Å². The van der Waals surface area contributed by atoms with E-state index in [1.54, 1.807) is 30.3 Å². The summed E-state index contributed by atoms with van der Waals surface area (Å²) < 4.78 is 6.31. The summed E-state index contributed by atoms with van der Waals surface area (Å²) in [5.74, 6) is -1.34. The number of ketones is 1. The van der Waals surface area contributed by atoms with Gasteiger partial charge in [-0.2, -0.15) is 0 Å². The van der Waals surface area contributed by atoms with Crippen molar-refractivity contribution in [1.82, 2.24) is 0 Å². The van der Waals surface area contributed by atoms with Crippen LogP contribution in [0.15, 0.2) is 45.3 Å². The number of esters is 1. The third-order valence-corrected chi connectivity index (χ3v) is 4.95. The molecular formula is C18H15Br2ClN2O4. The van der Waals surface area contributed by atoms with Crippen molar-refractivity contribution >= 4 is 72.5 Å². The fourth-order valence-electron chi connectivity index (χ4n) is 2.03. The monoisotopic (exact) mass is 516 g/mol. The van der Waals surface area contributed by atoms with Crippen LogP contribution in [0.5, 0.6) is 0 Å². The normalized spacial score (nSPS) is 10.3. The first-order chi connectivity index (χ1) is 12.8. The van der Waals surface area contributed by atoms with Crippen LogP contribution in [0.25, 0.3) is 0 Å². The predicted molar refractivity (Wildman–Crippen MR) is 111 cm³/mol. The Kier molecular flexibility index (Phi) is 7.82. The van der Waals surface area contributed by atoms with Gasteiger partial charge in [0.1, 0.15) is 0 Å². The molecule has 6 nitrogen and oxygen atoms in total. The molecular weight excluding hydrogens is 503 g/mol. The number of amides is 1. The number of hydrogen-bond acceptors (Lipinski definition) is 5. The van der Waals surface area contributed by atoms with Gasteiger partial charge in [-0.15, -0.1) is 0 Å². The Morgan fingerprint density at radius 1 is 1.07 bits per heavy atom. The molecule has 142 valence electrons. The van der Waals surface area contributed by atoms with Crippen LogP contribution in [0, 0.1) is 0 Å². The zero-order chi connectivity index (χ0) is 20.0. The first kappa shape index (κ1) is 21.4. The third-order valence-electron chi connectivity index (χ3n) is 3.45. The summed E-state index contributed by atoms with van der Waals surface area (Å²) in [6.07, 6.45) is -0.242. The van der Waals surface area contributed by atoms with Crippen molar-refractivity contribution in [2.45, 2.75) is 12.8 Å². The smallest absolute Gasteiger partial charge is 0.306 e. The molecule has 0 fully saturated rings. The SMILES string of the molecule is Nc1c(Cl)cc(NC(=O)CCC(=O)OCC(=O)c2ccc(Br)cc2)cc1Br. The maximum atomic E-state index is 11.9. The molecule has 0 aliphatic carbocycles. The van der Waals surface area contributed by atoms with Crippen LogP contribution in [-0.2, 0) is 14.3 Å². The highest BCUT2D eigenvalue weighted by molar-refractivity contribution is 9.10. The first-order valence-corrected chi connectivity index (χ1v) is 9.71. The summed E-state index contributed by atoms with van der Waals surface area (Å²) in [5, 5.41) is 2.91. The zero-order valence-electron chi connectivity index (χ0n) is 13.9. The largest absolute Gasteiger partial charge is 0.457 e. The van der Waals surface area contributed by atoms with Crippen molar-refractivity contribution in [1.29, 1.82) is 0 Å². The Morgan fingerprint density at radius 3 is 2.37 bits per heavy atom. The van der Waals surface area contributed by atoms with Crippen molar-refractivity contribution in [3.8, 4) is 0 Å². The standard InChI is InChI=1S/C18H15Br2ClN2O4/c19-11-3-1-10(2-4-11)15(24)9-27-17(26)6-5-16(25)23-12-7-13(20)18(22)14(21)8-12/h1-4,7-8H,5-6,9,22H2,(H,23,25). The Balaban J connectivity index is 1.77. The van der Waals surface area contributed by atoms with Crippen LogP contribution < -0.4 is 11.1 Å². The van der Waals surface area contributed by atoms with Crippen LogP contribution in [0.1, 0.15) is 23.2 Å². The third kappa shape index (κ3) is 6.64. The highest BCUT2D eigenvalue weighted by Crippen LogP contribution is 2.31. The molecule has 0 aromatic heterocycles. The maximum absolute atomic E-state index is 11.9. The summed E-state index contributed by atoms with van der Waals surface area (Å²) >= 11 is 12.5. The number of rotatable bonds is 7. The number of carbonyl (C=O) groups excluding carboxylic acids is 3. The zero-order valence-corrected chi connectivity index (χ0v) is 17.9. The molecule has 0 unspecified atom stereocenters. The van der Waals surface area contributed by atoms with Crippen LogP contribution in [0.2, 0.25) is 5.02 Å². The molecule has 2 aromatic rings. The molecule has 3 N–H and O–H groups in total. The van der Waals surface area contributed by atoms with Gasteiger partial charge in [0, 0.05) is 26.6 Å². The first-order valence-electron chi connectivity index (χ1n) is 7.75. The lowest BCUT2D eigenvalue weighted by Crippen LogP contribution is -2.17. The molecule has 1 amide bonds. The van der Waals surface area contributed by atoms with Gasteiger partial charge in [0.05, 0.1) is 17.1 Å². The average molecular weight is 519 g/mol. The van der Waals surface area contributed by atoms with Crippen molar-refractivity contribution in [2.24, 2.45) is 0 Å². The van der Waals surface area contributed by atoms with E-state index in [9.17, 15) is 14.4 Å². The van der Waals surface area contributed by atoms with Gasteiger partial charge in [0.25, 0.3) is 0 Å². The molecule has 2 aromatic carbocycles. The lowest BCUT2D eigenvalue weighted by Gasteiger charge is -2.09. The summed E-state index contributed by atoms with van der Waals surface area (Å²) in [4.78, 5) is 35.6. The number of halogens is 3. The minimum absolute atomic E-state index is 0.0923. The van der Waals surface area contributed by atoms with Crippen LogP contribution in [0.3, 0.4) is 0 Å². The second-order valence-electron chi connectivity index (χ2n) is 5.49. The van der Waals surface area contributed by atoms with E-state index >= 15 is 0 Å². The Bertz CT molecular complexity index is 849. The Hall–Kier alpha value is -1.90. The minimum atomic E-state index is -0.632. The number of carbonyl (C=O) groups is 3. The molecule has 0 heterocycles. The lowest BCUT2D eigenvalue weighted by molar-refractivity contribution is -0.143. The molecule has 2 rings (SSSR count). The van der Waals surface area contributed by atoms with Crippen LogP contribution in [-0.4, -0.2) is 24.3 Å². The number of Topliss-reactive ketones (excluding diaryl/α,β-unsaturated/α-hetero) is 1. The van der Waals surface area contributed by atoms with Gasteiger partial charge in [-0.25, -0.2) is 0 Å². The predicted octanol–water partition coefficient (Wildman–Crippen LogP) is 4.59. The number of hydrogen-bond donors (Lipinski definition) is 2.